The molecule has 0 aromatic carbocycles. The van der Waals surface area contributed by atoms with E-state index in [-0.39, 0.29) is 0 Å². The first-order chi connectivity index (χ1) is 4.73. The van der Waals surface area contributed by atoms with Crippen molar-refractivity contribution in [2.24, 2.45) is 0 Å². The predicted molar refractivity (Wildman–Crippen MR) is 47.6 cm³/mol. The van der Waals surface area contributed by atoms with Gasteiger partial charge in [-0.1, -0.05) is 6.07 Å². The van der Waals surface area contributed by atoms with Crippen LogP contribution in [0, 0.1) is 0 Å². The van der Waals surface area contributed by atoms with Gasteiger partial charge in [-0.15, -0.1) is 0 Å². The van der Waals surface area contributed by atoms with Crippen molar-refractivity contribution in [3.05, 3.63) is 30.6 Å². The Morgan fingerprint density at radius 2 is 1.30 bits per heavy atom. The van der Waals surface area contributed by atoms with Gasteiger partial charge < -0.3 is 0 Å². The summed E-state index contributed by atoms with van der Waals surface area (Å²) in [6.07, 6.45) is 3.50. The Morgan fingerprint density at radius 1 is 0.900 bits per heavy atom. The first-order valence-corrected chi connectivity index (χ1v) is 11.9. The normalized spacial score (nSPS) is 8.40. The smallest absolute Gasteiger partial charge is 0.0267 e. The summed E-state index contributed by atoms with van der Waals surface area (Å²) < 4.78 is 0. The molecule has 0 unspecified atom stereocenters. The maximum Gasteiger partial charge on any atom is 0.0267 e. The molecule has 1 aromatic heterocycles. The zero-order valence-corrected chi connectivity index (χ0v) is 9.69. The quantitative estimate of drug-likeness (QED) is 0.637. The van der Waals surface area contributed by atoms with Crippen molar-refractivity contribution in [3.63, 3.8) is 0 Å². The Kier molecular flexibility index (Phi) is 7.02. The third-order valence-electron chi connectivity index (χ3n) is 0.566. The summed E-state index contributed by atoms with van der Waals surface area (Å²) in [5.41, 5.74) is 0. The van der Waals surface area contributed by atoms with Crippen LogP contribution in [-0.4, -0.2) is 24.7 Å². The van der Waals surface area contributed by atoms with E-state index in [9.17, 15) is 0 Å². The molecule has 0 aliphatic carbocycles. The number of nitrogens with zero attached hydrogens (tertiary/aromatic N) is 1. The van der Waals surface area contributed by atoms with Gasteiger partial charge in [0.1, 0.15) is 0 Å². The number of pyridine rings is 1. The van der Waals surface area contributed by atoms with E-state index in [0.29, 0.717) is 0 Å². The summed E-state index contributed by atoms with van der Waals surface area (Å²) in [6.45, 7) is 0. The fourth-order valence-electron chi connectivity index (χ4n) is 0.313. The van der Waals surface area contributed by atoms with Crippen molar-refractivity contribution >= 4 is 19.8 Å². The Balaban J connectivity index is 0.000000180. The molecule has 1 radical (unpaired) electrons. The molecule has 0 aliphatic heterocycles. The summed E-state index contributed by atoms with van der Waals surface area (Å²) in [6, 6.07) is 5.72. The van der Waals surface area contributed by atoms with Gasteiger partial charge in [-0.2, -0.15) is 0 Å². The molecular formula is C8H14NSn. The molecule has 0 bridgehead atoms. The van der Waals surface area contributed by atoms with Crippen LogP contribution in [0.25, 0.3) is 0 Å². The first-order valence-electron chi connectivity index (χ1n) is 3.35. The SMILES string of the molecule is [CH3][Sn]([CH3])[CH3].c1ccncc1. The number of aromatic nitrogens is 1. The Labute approximate surface area is 70.2 Å². The van der Waals surface area contributed by atoms with Crippen LogP contribution in [0.4, 0.5) is 0 Å². The molecule has 1 rings (SSSR count). The van der Waals surface area contributed by atoms with E-state index in [4.69, 9.17) is 0 Å². The van der Waals surface area contributed by atoms with Gasteiger partial charge in [0.15, 0.2) is 0 Å². The molecule has 0 atom stereocenters. The van der Waals surface area contributed by atoms with E-state index in [2.05, 4.69) is 19.8 Å². The van der Waals surface area contributed by atoms with Gasteiger partial charge >= 0.3 is 34.6 Å². The summed E-state index contributed by atoms with van der Waals surface area (Å²) in [7, 11) is 0. The molecule has 55 valence electrons. The average Bonchev–Trinajstić information content (AvgIpc) is 1.90. The van der Waals surface area contributed by atoms with Crippen LogP contribution in [-0.2, 0) is 0 Å². The topological polar surface area (TPSA) is 12.9 Å². The fourth-order valence-corrected chi connectivity index (χ4v) is 0.313. The van der Waals surface area contributed by atoms with Crippen molar-refractivity contribution < 1.29 is 0 Å². The second-order valence-electron chi connectivity index (χ2n) is 2.52. The standard InChI is InChI=1S/C5H5N.3CH3.Sn/c1-2-4-6-5-3-1;;;;/h1-5H;3*1H3;. The number of hydrogen-bond acceptors (Lipinski definition) is 1. The first kappa shape index (κ1) is 9.95. The minimum absolute atomic E-state index is 0.543. The second-order valence-corrected chi connectivity index (χ2v) is 11.1. The molecule has 1 heterocycles. The van der Waals surface area contributed by atoms with E-state index >= 15 is 0 Å². The Hall–Kier alpha value is -0.0513. The fraction of sp³-hybridized carbons (Fsp3) is 0.375. The molecule has 0 N–H and O–H groups in total. The van der Waals surface area contributed by atoms with E-state index in [0.717, 1.165) is 0 Å². The summed E-state index contributed by atoms with van der Waals surface area (Å²) in [5, 5.41) is 0. The van der Waals surface area contributed by atoms with Crippen LogP contribution in [0.15, 0.2) is 30.6 Å². The van der Waals surface area contributed by atoms with E-state index in [1.54, 1.807) is 12.4 Å². The molecule has 2 heteroatoms. The largest absolute Gasteiger partial charge is 0.265 e. The molecule has 0 amide bonds. The zero-order valence-electron chi connectivity index (χ0n) is 6.83. The van der Waals surface area contributed by atoms with Crippen LogP contribution >= 0.6 is 0 Å². The predicted octanol–water partition coefficient (Wildman–Crippen LogP) is 2.45. The van der Waals surface area contributed by atoms with Crippen molar-refractivity contribution in [1.29, 1.82) is 0 Å². The van der Waals surface area contributed by atoms with Gasteiger partial charge in [0, 0.05) is 12.4 Å². The Bertz CT molecular complexity index is 110. The monoisotopic (exact) mass is 244 g/mol. The number of rotatable bonds is 0. The van der Waals surface area contributed by atoms with Gasteiger partial charge in [0.25, 0.3) is 0 Å². The van der Waals surface area contributed by atoms with Crippen molar-refractivity contribution in [1.82, 2.24) is 4.98 Å². The molecule has 0 saturated carbocycles. The molecule has 1 nitrogen and oxygen atoms in total. The maximum atomic E-state index is 3.78. The molecule has 0 aliphatic rings. The number of hydrogen-bond donors (Lipinski definition) is 0. The van der Waals surface area contributed by atoms with Crippen LogP contribution in [0.2, 0.25) is 14.8 Å². The maximum absolute atomic E-state index is 3.78. The van der Waals surface area contributed by atoms with Crippen LogP contribution in [0.1, 0.15) is 0 Å². The summed E-state index contributed by atoms with van der Waals surface area (Å²) in [4.78, 5) is 10.9. The van der Waals surface area contributed by atoms with Gasteiger partial charge in [0.2, 0.25) is 0 Å². The van der Waals surface area contributed by atoms with Crippen LogP contribution < -0.4 is 0 Å². The minimum atomic E-state index is -0.543. The van der Waals surface area contributed by atoms with E-state index in [1.165, 1.54) is 0 Å². The van der Waals surface area contributed by atoms with Crippen molar-refractivity contribution in [2.45, 2.75) is 14.8 Å². The Morgan fingerprint density at radius 3 is 1.40 bits per heavy atom. The second kappa shape index (κ2) is 7.06. The zero-order chi connectivity index (χ0) is 7.82. The molecule has 10 heavy (non-hydrogen) atoms. The van der Waals surface area contributed by atoms with Crippen LogP contribution in [0.5, 0.6) is 0 Å². The molecule has 0 spiro atoms. The third-order valence-corrected chi connectivity index (χ3v) is 0.566. The molecule has 0 fully saturated rings. The van der Waals surface area contributed by atoms with E-state index in [1.807, 2.05) is 18.2 Å². The van der Waals surface area contributed by atoms with Crippen LogP contribution in [0.3, 0.4) is 0 Å². The van der Waals surface area contributed by atoms with Gasteiger partial charge in [-0.25, -0.2) is 0 Å². The minimum Gasteiger partial charge on any atom is -0.265 e. The van der Waals surface area contributed by atoms with Crippen molar-refractivity contribution in [3.8, 4) is 0 Å². The molecule has 0 saturated heterocycles. The van der Waals surface area contributed by atoms with Crippen molar-refractivity contribution in [2.75, 3.05) is 0 Å². The van der Waals surface area contributed by atoms with Gasteiger partial charge in [0.05, 0.1) is 0 Å². The average molecular weight is 243 g/mol. The molecule has 1 aromatic rings. The summed E-state index contributed by atoms with van der Waals surface area (Å²) >= 11 is -0.543. The summed E-state index contributed by atoms with van der Waals surface area (Å²) in [5.74, 6) is 0. The van der Waals surface area contributed by atoms with E-state index < -0.39 is 19.8 Å². The molecular weight excluding hydrogens is 229 g/mol. The van der Waals surface area contributed by atoms with Gasteiger partial charge in [-0.05, 0) is 12.1 Å². The van der Waals surface area contributed by atoms with Gasteiger partial charge in [-0.3, -0.25) is 4.98 Å². The third kappa shape index (κ3) is 10.8.